The summed E-state index contributed by atoms with van der Waals surface area (Å²) in [4.78, 5) is 25.5. The van der Waals surface area contributed by atoms with Crippen LogP contribution in [0.15, 0.2) is 23.6 Å². The molecule has 2 aromatic heterocycles. The monoisotopic (exact) mass is 360 g/mol. The van der Waals surface area contributed by atoms with E-state index in [4.69, 9.17) is 4.74 Å². The molecule has 1 aliphatic carbocycles. The van der Waals surface area contributed by atoms with Gasteiger partial charge in [-0.25, -0.2) is 4.79 Å². The molecule has 1 aliphatic rings. The second-order valence-electron chi connectivity index (χ2n) is 6.72. The summed E-state index contributed by atoms with van der Waals surface area (Å²) in [7, 11) is 0. The number of hydrogen-bond acceptors (Lipinski definition) is 4. The van der Waals surface area contributed by atoms with Crippen LogP contribution in [0.4, 0.5) is 0 Å². The van der Waals surface area contributed by atoms with Crippen LogP contribution in [0.1, 0.15) is 46.4 Å². The zero-order chi connectivity index (χ0) is 18.0. The van der Waals surface area contributed by atoms with E-state index < -0.39 is 5.97 Å². The van der Waals surface area contributed by atoms with Crippen molar-refractivity contribution in [1.29, 1.82) is 0 Å². The van der Waals surface area contributed by atoms with Crippen LogP contribution >= 0.6 is 11.3 Å². The number of carbonyl (C=O) groups excluding carboxylic acids is 2. The Morgan fingerprint density at radius 2 is 2.16 bits per heavy atom. The van der Waals surface area contributed by atoms with Gasteiger partial charge < -0.3 is 14.6 Å². The molecule has 1 fully saturated rings. The highest BCUT2D eigenvalue weighted by atomic mass is 32.1. The number of nitrogens with one attached hydrogen (secondary N) is 1. The molecule has 0 aromatic carbocycles. The van der Waals surface area contributed by atoms with Gasteiger partial charge in [0.05, 0.1) is 12.1 Å². The highest BCUT2D eigenvalue weighted by Gasteiger charge is 2.29. The van der Waals surface area contributed by atoms with Crippen molar-refractivity contribution in [2.75, 3.05) is 6.61 Å². The Morgan fingerprint density at radius 1 is 1.40 bits per heavy atom. The fraction of sp³-hybridized carbons (Fsp3) is 0.474. The molecule has 1 amide bonds. The number of ether oxygens (including phenoxy) is 1. The number of amides is 1. The van der Waals surface area contributed by atoms with E-state index >= 15 is 0 Å². The summed E-state index contributed by atoms with van der Waals surface area (Å²) in [5.41, 5.74) is 2.39. The minimum Gasteiger partial charge on any atom is -0.452 e. The molecule has 2 aromatic rings. The van der Waals surface area contributed by atoms with Gasteiger partial charge in [0.15, 0.2) is 6.61 Å². The van der Waals surface area contributed by atoms with Gasteiger partial charge in [-0.1, -0.05) is 6.07 Å². The maximum atomic E-state index is 12.4. The number of aromatic nitrogens is 1. The minimum atomic E-state index is -0.445. The Labute approximate surface area is 152 Å². The molecule has 0 radical (unpaired) electrons. The fourth-order valence-electron chi connectivity index (χ4n) is 3.03. The van der Waals surface area contributed by atoms with Gasteiger partial charge in [-0.15, -0.1) is 11.3 Å². The SMILES string of the molecule is Cc1cc(C(=O)OCC(=O)N[C@H](C)C2CC2)c(C)n1Cc1cccs1. The summed E-state index contributed by atoms with van der Waals surface area (Å²) in [6, 6.07) is 6.08. The Hall–Kier alpha value is -2.08. The second kappa shape index (κ2) is 7.44. The highest BCUT2D eigenvalue weighted by Crippen LogP contribution is 2.32. The number of thiophene rings is 1. The number of esters is 1. The zero-order valence-electron chi connectivity index (χ0n) is 14.9. The third kappa shape index (κ3) is 4.31. The second-order valence-corrected chi connectivity index (χ2v) is 7.75. The van der Waals surface area contributed by atoms with Crippen molar-refractivity contribution in [3.63, 3.8) is 0 Å². The summed E-state index contributed by atoms with van der Waals surface area (Å²) >= 11 is 1.69. The predicted octanol–water partition coefficient (Wildman–Crippen LogP) is 3.29. The highest BCUT2D eigenvalue weighted by molar-refractivity contribution is 7.09. The lowest BCUT2D eigenvalue weighted by Crippen LogP contribution is -2.37. The molecule has 0 spiro atoms. The normalized spacial score (nSPS) is 15.0. The first-order valence-corrected chi connectivity index (χ1v) is 9.49. The van der Waals surface area contributed by atoms with Gasteiger partial charge in [0.25, 0.3) is 5.91 Å². The standard InChI is InChI=1S/C19H24N2O3S/c1-12-9-17(14(3)21(12)10-16-5-4-8-25-16)19(23)24-11-18(22)20-13(2)15-6-7-15/h4-5,8-9,13,15H,6-7,10-11H2,1-3H3,(H,20,22)/t13-/m1/s1. The minimum absolute atomic E-state index is 0.155. The van der Waals surface area contributed by atoms with E-state index in [2.05, 4.69) is 16.0 Å². The number of rotatable bonds is 7. The summed E-state index contributed by atoms with van der Waals surface area (Å²) in [5, 5.41) is 4.93. The molecule has 5 nitrogen and oxygen atoms in total. The van der Waals surface area contributed by atoms with Gasteiger partial charge in [-0.3, -0.25) is 4.79 Å². The van der Waals surface area contributed by atoms with Crippen molar-refractivity contribution in [3.05, 3.63) is 45.4 Å². The molecule has 0 bridgehead atoms. The molecule has 0 saturated heterocycles. The van der Waals surface area contributed by atoms with Crippen LogP contribution in [-0.4, -0.2) is 29.1 Å². The molecule has 0 unspecified atom stereocenters. The maximum absolute atomic E-state index is 12.4. The van der Waals surface area contributed by atoms with E-state index in [0.29, 0.717) is 11.5 Å². The van der Waals surface area contributed by atoms with E-state index in [1.54, 1.807) is 11.3 Å². The largest absolute Gasteiger partial charge is 0.452 e. The molecule has 3 rings (SSSR count). The molecule has 1 atom stereocenters. The van der Waals surface area contributed by atoms with E-state index in [1.807, 2.05) is 38.3 Å². The lowest BCUT2D eigenvalue weighted by atomic mass is 10.2. The predicted molar refractivity (Wildman–Crippen MR) is 97.9 cm³/mol. The first-order valence-electron chi connectivity index (χ1n) is 8.61. The van der Waals surface area contributed by atoms with Crippen molar-refractivity contribution in [3.8, 4) is 0 Å². The quantitative estimate of drug-likeness (QED) is 0.771. The molecule has 25 heavy (non-hydrogen) atoms. The van der Waals surface area contributed by atoms with Crippen molar-refractivity contribution in [2.24, 2.45) is 5.92 Å². The van der Waals surface area contributed by atoms with Crippen LogP contribution in [0, 0.1) is 19.8 Å². The Bertz CT molecular complexity index is 760. The molecule has 134 valence electrons. The van der Waals surface area contributed by atoms with Gasteiger partial charge in [-0.2, -0.15) is 0 Å². The zero-order valence-corrected chi connectivity index (χ0v) is 15.7. The first kappa shape index (κ1) is 17.7. The summed E-state index contributed by atoms with van der Waals surface area (Å²) in [5.74, 6) is -0.101. The lowest BCUT2D eigenvalue weighted by Gasteiger charge is -2.13. The molecule has 0 aliphatic heterocycles. The van der Waals surface area contributed by atoms with Crippen LogP contribution < -0.4 is 5.32 Å². The average molecular weight is 360 g/mol. The molecular formula is C19H24N2O3S. The number of carbonyl (C=O) groups is 2. The summed E-state index contributed by atoms with van der Waals surface area (Å²) in [6.07, 6.45) is 2.33. The van der Waals surface area contributed by atoms with Gasteiger partial charge in [0.1, 0.15) is 0 Å². The summed E-state index contributed by atoms with van der Waals surface area (Å²) in [6.45, 7) is 6.38. The van der Waals surface area contributed by atoms with Crippen molar-refractivity contribution in [2.45, 2.75) is 46.2 Å². The number of hydrogen-bond donors (Lipinski definition) is 1. The van der Waals surface area contributed by atoms with E-state index in [0.717, 1.165) is 30.8 Å². The van der Waals surface area contributed by atoms with Gasteiger partial charge in [0.2, 0.25) is 0 Å². The van der Waals surface area contributed by atoms with E-state index in [9.17, 15) is 9.59 Å². The smallest absolute Gasteiger partial charge is 0.340 e. The third-order valence-electron chi connectivity index (χ3n) is 4.74. The Balaban J connectivity index is 1.59. The molecule has 1 N–H and O–H groups in total. The molecule has 2 heterocycles. The van der Waals surface area contributed by atoms with Crippen LogP contribution in [-0.2, 0) is 16.1 Å². The van der Waals surface area contributed by atoms with Gasteiger partial charge >= 0.3 is 5.97 Å². The Kier molecular flexibility index (Phi) is 5.27. The fourth-order valence-corrected chi connectivity index (χ4v) is 3.72. The average Bonchev–Trinajstić information content (AvgIpc) is 3.24. The van der Waals surface area contributed by atoms with Crippen molar-refractivity contribution in [1.82, 2.24) is 9.88 Å². The first-order chi connectivity index (χ1) is 12.0. The van der Waals surface area contributed by atoms with Gasteiger partial charge in [0, 0.05) is 22.3 Å². The summed E-state index contributed by atoms with van der Waals surface area (Å²) < 4.78 is 7.31. The Morgan fingerprint density at radius 3 is 2.80 bits per heavy atom. The molecular weight excluding hydrogens is 336 g/mol. The van der Waals surface area contributed by atoms with E-state index in [1.165, 1.54) is 4.88 Å². The van der Waals surface area contributed by atoms with Crippen molar-refractivity contribution < 1.29 is 14.3 Å². The molecule has 1 saturated carbocycles. The number of aryl methyl sites for hydroxylation is 1. The van der Waals surface area contributed by atoms with Crippen LogP contribution in [0.25, 0.3) is 0 Å². The van der Waals surface area contributed by atoms with Crippen LogP contribution in [0.3, 0.4) is 0 Å². The lowest BCUT2D eigenvalue weighted by molar-refractivity contribution is -0.124. The number of nitrogens with zero attached hydrogens (tertiary/aromatic N) is 1. The molecule has 6 heteroatoms. The topological polar surface area (TPSA) is 60.3 Å². The maximum Gasteiger partial charge on any atom is 0.340 e. The van der Waals surface area contributed by atoms with Gasteiger partial charge in [-0.05, 0) is 57.0 Å². The third-order valence-corrected chi connectivity index (χ3v) is 5.60. The van der Waals surface area contributed by atoms with E-state index in [-0.39, 0.29) is 18.6 Å². The van der Waals surface area contributed by atoms with Crippen LogP contribution in [0.5, 0.6) is 0 Å². The van der Waals surface area contributed by atoms with Crippen LogP contribution in [0.2, 0.25) is 0 Å². The van der Waals surface area contributed by atoms with Crippen molar-refractivity contribution >= 4 is 23.2 Å².